The summed E-state index contributed by atoms with van der Waals surface area (Å²) < 4.78 is 31.6. The van der Waals surface area contributed by atoms with E-state index in [2.05, 4.69) is 0 Å². The van der Waals surface area contributed by atoms with Gasteiger partial charge in [-0.15, -0.1) is 0 Å². The second kappa shape index (κ2) is 5.59. The predicted octanol–water partition coefficient (Wildman–Crippen LogP) is 3.42. The molecule has 0 aliphatic heterocycles. The molecule has 20 heavy (non-hydrogen) atoms. The van der Waals surface area contributed by atoms with Gasteiger partial charge in [-0.3, -0.25) is 0 Å². The molecule has 4 heteroatoms. The van der Waals surface area contributed by atoms with Crippen LogP contribution in [0.1, 0.15) is 18.1 Å². The number of hydrogen-bond acceptors (Lipinski definition) is 2. The minimum Gasteiger partial charge on any atom is -0.497 e. The van der Waals surface area contributed by atoms with Gasteiger partial charge in [0.05, 0.1) is 12.7 Å². The molecular formula is C16H16F2O2. The number of rotatable bonds is 4. The molecule has 1 N–H and O–H groups in total. The Kier molecular flexibility index (Phi) is 4.04. The fraction of sp³-hybridized carbons (Fsp3) is 0.250. The van der Waals surface area contributed by atoms with E-state index >= 15 is 0 Å². The zero-order valence-corrected chi connectivity index (χ0v) is 11.4. The van der Waals surface area contributed by atoms with Gasteiger partial charge in [-0.25, -0.2) is 8.78 Å². The van der Waals surface area contributed by atoms with E-state index in [-0.39, 0.29) is 12.0 Å². The van der Waals surface area contributed by atoms with Gasteiger partial charge in [-0.2, -0.15) is 0 Å². The smallest absolute Gasteiger partial charge is 0.129 e. The van der Waals surface area contributed by atoms with Crippen LogP contribution in [0.5, 0.6) is 5.75 Å². The van der Waals surface area contributed by atoms with E-state index < -0.39 is 17.2 Å². The van der Waals surface area contributed by atoms with Crippen molar-refractivity contribution in [3.63, 3.8) is 0 Å². The van der Waals surface area contributed by atoms with Crippen LogP contribution in [-0.4, -0.2) is 12.2 Å². The average molecular weight is 278 g/mol. The van der Waals surface area contributed by atoms with Gasteiger partial charge >= 0.3 is 0 Å². The van der Waals surface area contributed by atoms with Gasteiger partial charge in [0, 0.05) is 12.5 Å². The molecule has 0 saturated heterocycles. The number of halogens is 2. The normalized spacial score (nSPS) is 13.8. The van der Waals surface area contributed by atoms with E-state index in [9.17, 15) is 13.9 Å². The Morgan fingerprint density at radius 1 is 1.10 bits per heavy atom. The number of ether oxygens (including phenoxy) is 1. The highest BCUT2D eigenvalue weighted by Crippen LogP contribution is 2.28. The van der Waals surface area contributed by atoms with Crippen molar-refractivity contribution in [2.75, 3.05) is 7.11 Å². The molecule has 0 bridgehead atoms. The van der Waals surface area contributed by atoms with Crippen molar-refractivity contribution in [3.8, 4) is 5.75 Å². The van der Waals surface area contributed by atoms with E-state index in [1.807, 2.05) is 0 Å². The van der Waals surface area contributed by atoms with Crippen LogP contribution in [0.15, 0.2) is 42.5 Å². The topological polar surface area (TPSA) is 29.5 Å². The van der Waals surface area contributed by atoms with Crippen molar-refractivity contribution in [2.45, 2.75) is 18.9 Å². The SMILES string of the molecule is COc1ccc(C(C)(O)Cc2ccc(F)cc2F)cc1. The Labute approximate surface area is 116 Å². The molecule has 0 aliphatic carbocycles. The lowest BCUT2D eigenvalue weighted by Gasteiger charge is -2.24. The van der Waals surface area contributed by atoms with Gasteiger partial charge in [0.25, 0.3) is 0 Å². The molecule has 0 aromatic heterocycles. The quantitative estimate of drug-likeness (QED) is 0.928. The highest BCUT2D eigenvalue weighted by atomic mass is 19.1. The zero-order valence-electron chi connectivity index (χ0n) is 11.4. The fourth-order valence-electron chi connectivity index (χ4n) is 2.09. The monoisotopic (exact) mass is 278 g/mol. The Hall–Kier alpha value is -1.94. The van der Waals surface area contributed by atoms with Crippen LogP contribution in [0.2, 0.25) is 0 Å². The van der Waals surface area contributed by atoms with E-state index in [1.165, 1.54) is 12.1 Å². The predicted molar refractivity (Wildman–Crippen MR) is 72.6 cm³/mol. The fourth-order valence-corrected chi connectivity index (χ4v) is 2.09. The molecule has 2 aromatic carbocycles. The highest BCUT2D eigenvalue weighted by molar-refractivity contribution is 5.32. The van der Waals surface area contributed by atoms with E-state index in [4.69, 9.17) is 4.74 Å². The number of hydrogen-bond donors (Lipinski definition) is 1. The first-order chi connectivity index (χ1) is 9.42. The maximum atomic E-state index is 13.6. The molecule has 0 aliphatic rings. The molecule has 106 valence electrons. The third kappa shape index (κ3) is 3.14. The van der Waals surface area contributed by atoms with Gasteiger partial charge in [0.15, 0.2) is 0 Å². The second-order valence-corrected chi connectivity index (χ2v) is 4.91. The summed E-state index contributed by atoms with van der Waals surface area (Å²) in [5.74, 6) is -0.605. The summed E-state index contributed by atoms with van der Waals surface area (Å²) in [4.78, 5) is 0. The average Bonchev–Trinajstić information content (AvgIpc) is 2.42. The van der Waals surface area contributed by atoms with Crippen LogP contribution in [0.25, 0.3) is 0 Å². The van der Waals surface area contributed by atoms with Crippen LogP contribution in [0.3, 0.4) is 0 Å². The maximum absolute atomic E-state index is 13.6. The summed E-state index contributed by atoms with van der Waals surface area (Å²) in [6.07, 6.45) is 0.0610. The molecule has 0 fully saturated rings. The molecule has 1 atom stereocenters. The van der Waals surface area contributed by atoms with Crippen LogP contribution < -0.4 is 4.74 Å². The first-order valence-electron chi connectivity index (χ1n) is 6.23. The second-order valence-electron chi connectivity index (χ2n) is 4.91. The number of methoxy groups -OCH3 is 1. The molecule has 1 unspecified atom stereocenters. The molecule has 0 heterocycles. The minimum atomic E-state index is -1.25. The minimum absolute atomic E-state index is 0.0610. The Balaban J connectivity index is 2.25. The largest absolute Gasteiger partial charge is 0.497 e. The molecule has 2 rings (SSSR count). The Morgan fingerprint density at radius 3 is 2.30 bits per heavy atom. The third-order valence-electron chi connectivity index (χ3n) is 3.26. The molecular weight excluding hydrogens is 262 g/mol. The first kappa shape index (κ1) is 14.5. The molecule has 0 spiro atoms. The van der Waals surface area contributed by atoms with Crippen LogP contribution >= 0.6 is 0 Å². The molecule has 0 saturated carbocycles. The molecule has 0 amide bonds. The van der Waals surface area contributed by atoms with Crippen molar-refractivity contribution < 1.29 is 18.6 Å². The Morgan fingerprint density at radius 2 is 1.75 bits per heavy atom. The van der Waals surface area contributed by atoms with Crippen molar-refractivity contribution in [3.05, 3.63) is 65.2 Å². The van der Waals surface area contributed by atoms with Crippen LogP contribution in [-0.2, 0) is 12.0 Å². The number of benzene rings is 2. The van der Waals surface area contributed by atoms with Crippen molar-refractivity contribution in [2.24, 2.45) is 0 Å². The molecule has 2 aromatic rings. The van der Waals surface area contributed by atoms with Crippen LogP contribution in [0.4, 0.5) is 8.78 Å². The standard InChI is InChI=1S/C16H16F2O2/c1-16(19,12-4-7-14(20-2)8-5-12)10-11-3-6-13(17)9-15(11)18/h3-9,19H,10H2,1-2H3. The van der Waals surface area contributed by atoms with Crippen molar-refractivity contribution in [1.82, 2.24) is 0 Å². The van der Waals surface area contributed by atoms with E-state index in [1.54, 1.807) is 38.3 Å². The lowest BCUT2D eigenvalue weighted by Crippen LogP contribution is -2.24. The summed E-state index contributed by atoms with van der Waals surface area (Å²) in [6, 6.07) is 10.3. The summed E-state index contributed by atoms with van der Waals surface area (Å²) in [5, 5.41) is 10.5. The lowest BCUT2D eigenvalue weighted by atomic mass is 9.89. The van der Waals surface area contributed by atoms with Gasteiger partial charge in [0.1, 0.15) is 17.4 Å². The lowest BCUT2D eigenvalue weighted by molar-refractivity contribution is 0.0566. The van der Waals surface area contributed by atoms with Gasteiger partial charge in [0.2, 0.25) is 0 Å². The number of aliphatic hydroxyl groups is 1. The summed E-state index contributed by atoms with van der Waals surface area (Å²) in [5.41, 5.74) is -0.334. The summed E-state index contributed by atoms with van der Waals surface area (Å²) in [6.45, 7) is 1.59. The van der Waals surface area contributed by atoms with Crippen molar-refractivity contribution >= 4 is 0 Å². The maximum Gasteiger partial charge on any atom is 0.129 e. The Bertz CT molecular complexity index is 592. The summed E-state index contributed by atoms with van der Waals surface area (Å²) in [7, 11) is 1.56. The van der Waals surface area contributed by atoms with E-state index in [0.29, 0.717) is 11.3 Å². The zero-order chi connectivity index (χ0) is 14.8. The van der Waals surface area contributed by atoms with E-state index in [0.717, 1.165) is 6.07 Å². The highest BCUT2D eigenvalue weighted by Gasteiger charge is 2.25. The van der Waals surface area contributed by atoms with Crippen LogP contribution in [0, 0.1) is 11.6 Å². The molecule has 0 radical (unpaired) electrons. The van der Waals surface area contributed by atoms with Gasteiger partial charge in [-0.1, -0.05) is 18.2 Å². The first-order valence-corrected chi connectivity index (χ1v) is 6.23. The van der Waals surface area contributed by atoms with Gasteiger partial charge in [-0.05, 0) is 36.2 Å². The van der Waals surface area contributed by atoms with Gasteiger partial charge < -0.3 is 9.84 Å². The summed E-state index contributed by atoms with van der Waals surface area (Å²) >= 11 is 0. The van der Waals surface area contributed by atoms with Crippen molar-refractivity contribution in [1.29, 1.82) is 0 Å². The third-order valence-corrected chi connectivity index (χ3v) is 3.26. The molecule has 2 nitrogen and oxygen atoms in total.